The van der Waals surface area contributed by atoms with E-state index in [0.29, 0.717) is 48.7 Å². The predicted molar refractivity (Wildman–Crippen MR) is 264 cm³/mol. The fourth-order valence-corrected chi connectivity index (χ4v) is 9.45. The van der Waals surface area contributed by atoms with E-state index in [1.165, 1.54) is 0 Å². The number of likely N-dealkylation sites (tertiary alicyclic amines) is 2. The molecule has 67 heavy (non-hydrogen) atoms. The highest BCUT2D eigenvalue weighted by atomic mass is 16.2. The topological polar surface area (TPSA) is 182 Å². The molecule has 5 heterocycles. The zero-order valence-electron chi connectivity index (χ0n) is 38.2. The van der Waals surface area contributed by atoms with Crippen LogP contribution < -0.4 is 26.6 Å². The molecule has 4 aromatic carbocycles. The van der Waals surface area contributed by atoms with E-state index < -0.39 is 0 Å². The third-order valence-corrected chi connectivity index (χ3v) is 13.2. The minimum Gasteiger partial charge on any atom is -0.375 e. The summed E-state index contributed by atoms with van der Waals surface area (Å²) in [5, 5.41) is 17.7. The Labute approximate surface area is 389 Å². The Morgan fingerprint density at radius 3 is 2.16 bits per heavy atom. The third kappa shape index (κ3) is 9.40. The third-order valence-electron chi connectivity index (χ3n) is 13.2. The van der Waals surface area contributed by atoms with Crippen LogP contribution in [0.2, 0.25) is 0 Å². The van der Waals surface area contributed by atoms with Gasteiger partial charge < -0.3 is 36.4 Å². The summed E-state index contributed by atoms with van der Waals surface area (Å²) in [5.74, 6) is 0.235. The number of benzene rings is 4. The Morgan fingerprint density at radius 1 is 0.687 bits per heavy atom. The number of nitrogens with one attached hydrogen (secondary N) is 5. The lowest BCUT2D eigenvalue weighted by atomic mass is 9.97. The summed E-state index contributed by atoms with van der Waals surface area (Å²) in [6.45, 7) is 10.7. The van der Waals surface area contributed by atoms with E-state index in [1.807, 2.05) is 116 Å². The lowest BCUT2D eigenvalue weighted by Gasteiger charge is -2.28. The van der Waals surface area contributed by atoms with Crippen molar-refractivity contribution in [3.05, 3.63) is 136 Å². The van der Waals surface area contributed by atoms with Crippen LogP contribution in [0.25, 0.3) is 32.8 Å². The number of aromatic nitrogens is 4. The highest BCUT2D eigenvalue weighted by Gasteiger charge is 2.29. The van der Waals surface area contributed by atoms with Gasteiger partial charge in [-0.05, 0) is 131 Å². The first-order valence-electron chi connectivity index (χ1n) is 23.2. The highest BCUT2D eigenvalue weighted by Crippen LogP contribution is 2.31. The van der Waals surface area contributed by atoms with Gasteiger partial charge >= 0.3 is 18.1 Å². The molecule has 0 radical (unpaired) electrons. The monoisotopic (exact) mass is 894 g/mol. The first-order chi connectivity index (χ1) is 32.5. The number of carbonyl (C=O) groups excluding carboxylic acids is 3. The van der Waals surface area contributed by atoms with Gasteiger partial charge in [0, 0.05) is 60.8 Å². The van der Waals surface area contributed by atoms with Crippen LogP contribution in [-0.4, -0.2) is 85.8 Å². The standard InChI is InChI=1S/C52H54N12O3/c1-30-31(2)54-47-26-36(14-17-42(47)53-30)57-50(65)62-41-13-9-11-39-35(10-8-12-40(39)41)25-46-33(4)56-44-19-16-38(28-49(44)61-46)59-52(67)64-23-20-34(29-64)24-45-32(3)55-43-18-15-37(27-48(43)60-45)58-51(66)63-21-6-5-7-22-63/h8-19,26-28,34,44,56H,5-7,20-25,29H2,1-4H3,(H,58,66)(H,59,67)(H2,57,62,65). The van der Waals surface area contributed by atoms with Crippen molar-refractivity contribution in [2.24, 2.45) is 10.9 Å². The van der Waals surface area contributed by atoms with E-state index in [1.54, 1.807) is 0 Å². The van der Waals surface area contributed by atoms with Crippen molar-refractivity contribution in [2.45, 2.75) is 72.3 Å². The number of allylic oxidation sites excluding steroid dienone is 3. The fourth-order valence-electron chi connectivity index (χ4n) is 9.45. The van der Waals surface area contributed by atoms with Gasteiger partial charge in [-0.15, -0.1) is 0 Å². The minimum absolute atomic E-state index is 0.0749. The Bertz CT molecular complexity index is 3110. The van der Waals surface area contributed by atoms with Gasteiger partial charge in [0.05, 0.1) is 68.0 Å². The molecule has 1 aliphatic carbocycles. The quantitative estimate of drug-likeness (QED) is 0.100. The maximum atomic E-state index is 13.7. The number of amides is 6. The second-order valence-electron chi connectivity index (χ2n) is 18.0. The van der Waals surface area contributed by atoms with Crippen LogP contribution in [0.5, 0.6) is 0 Å². The van der Waals surface area contributed by atoms with Crippen molar-refractivity contribution in [3.63, 3.8) is 0 Å². The van der Waals surface area contributed by atoms with Crippen molar-refractivity contribution in [1.82, 2.24) is 40.4 Å². The van der Waals surface area contributed by atoms with Crippen LogP contribution in [0.3, 0.4) is 0 Å². The fraction of sp³-hybridized carbons (Fsp3) is 0.308. The summed E-state index contributed by atoms with van der Waals surface area (Å²) in [4.78, 5) is 67.7. The Kier molecular flexibility index (Phi) is 11.8. The smallest absolute Gasteiger partial charge is 0.323 e. The van der Waals surface area contributed by atoms with Gasteiger partial charge in [-0.3, -0.25) is 4.99 Å². The molecule has 10 rings (SSSR count). The number of anilines is 3. The molecule has 2 saturated heterocycles. The summed E-state index contributed by atoms with van der Waals surface area (Å²) >= 11 is 0. The molecular formula is C52H54N12O3. The molecule has 0 spiro atoms. The van der Waals surface area contributed by atoms with Gasteiger partial charge in [-0.1, -0.05) is 36.4 Å². The van der Waals surface area contributed by atoms with Crippen LogP contribution in [0.15, 0.2) is 113 Å². The lowest BCUT2D eigenvalue weighted by molar-refractivity contribution is 0.200. The number of rotatable bonds is 8. The number of aryl methyl sites for hydroxylation is 3. The van der Waals surface area contributed by atoms with Crippen LogP contribution >= 0.6 is 0 Å². The Hall–Kier alpha value is -7.68. The zero-order chi connectivity index (χ0) is 46.2. The SMILES string of the molecule is CC1=C(Cc2cccc3c(NC(=O)Nc4ccc5nc(C)c(C)nc5c4)cccc23)N=C2C=C(NC(=O)N3CCC(Cc4nc5cc(NC(=O)N6CCCCC6)ccc5nc4C)C3)C=CC2N1. The molecule has 2 unspecified atom stereocenters. The molecule has 3 aliphatic heterocycles. The van der Waals surface area contributed by atoms with E-state index in [9.17, 15) is 14.4 Å². The van der Waals surface area contributed by atoms with Crippen LogP contribution in [0.4, 0.5) is 31.4 Å². The van der Waals surface area contributed by atoms with E-state index in [4.69, 9.17) is 15.0 Å². The van der Waals surface area contributed by atoms with Gasteiger partial charge in [0.2, 0.25) is 0 Å². The Morgan fingerprint density at radius 2 is 1.37 bits per heavy atom. The first-order valence-corrected chi connectivity index (χ1v) is 23.2. The highest BCUT2D eigenvalue weighted by molar-refractivity contribution is 6.08. The molecule has 6 aromatic rings. The maximum Gasteiger partial charge on any atom is 0.323 e. The van der Waals surface area contributed by atoms with E-state index in [2.05, 4.69) is 48.7 Å². The molecule has 4 aliphatic rings. The molecule has 15 nitrogen and oxygen atoms in total. The number of hydrogen-bond acceptors (Lipinski definition) is 9. The number of nitrogens with zero attached hydrogens (tertiary/aromatic N) is 7. The average Bonchev–Trinajstić information content (AvgIpc) is 3.79. The lowest BCUT2D eigenvalue weighted by Crippen LogP contribution is -2.41. The van der Waals surface area contributed by atoms with Crippen molar-refractivity contribution in [3.8, 4) is 0 Å². The van der Waals surface area contributed by atoms with Gasteiger partial charge in [0.25, 0.3) is 0 Å². The molecular weight excluding hydrogens is 841 g/mol. The summed E-state index contributed by atoms with van der Waals surface area (Å²) in [7, 11) is 0. The normalized spacial score (nSPS) is 18.1. The molecule has 340 valence electrons. The van der Waals surface area contributed by atoms with E-state index in [-0.39, 0.29) is 30.1 Å². The number of piperidine rings is 1. The number of fused-ring (bicyclic) bond motifs is 4. The number of aliphatic imine (C=N–C) groups is 1. The maximum absolute atomic E-state index is 13.7. The summed E-state index contributed by atoms with van der Waals surface area (Å²) < 4.78 is 0. The average molecular weight is 895 g/mol. The molecule has 0 bridgehead atoms. The van der Waals surface area contributed by atoms with Gasteiger partial charge in [0.15, 0.2) is 0 Å². The van der Waals surface area contributed by atoms with Crippen LogP contribution in [0, 0.1) is 26.7 Å². The largest absolute Gasteiger partial charge is 0.375 e. The molecule has 15 heteroatoms. The molecule has 0 saturated carbocycles. The van der Waals surface area contributed by atoms with Gasteiger partial charge in [-0.2, -0.15) is 0 Å². The second-order valence-corrected chi connectivity index (χ2v) is 18.0. The number of hydrogen-bond donors (Lipinski definition) is 5. The van der Waals surface area contributed by atoms with E-state index >= 15 is 0 Å². The first kappa shape index (κ1) is 43.2. The number of carbonyl (C=O) groups is 3. The molecule has 2 fully saturated rings. The molecule has 2 aromatic heterocycles. The van der Waals surface area contributed by atoms with Crippen LogP contribution in [-0.2, 0) is 12.8 Å². The second kappa shape index (κ2) is 18.3. The zero-order valence-corrected chi connectivity index (χ0v) is 38.2. The van der Waals surface area contributed by atoms with Gasteiger partial charge in [-0.25, -0.2) is 34.3 Å². The molecule has 5 N–H and O–H groups in total. The van der Waals surface area contributed by atoms with E-state index in [0.717, 1.165) is 117 Å². The van der Waals surface area contributed by atoms with Crippen LogP contribution in [0.1, 0.15) is 60.9 Å². The number of urea groups is 3. The van der Waals surface area contributed by atoms with Gasteiger partial charge in [0.1, 0.15) is 0 Å². The predicted octanol–water partition coefficient (Wildman–Crippen LogP) is 9.23. The molecule has 6 amide bonds. The van der Waals surface area contributed by atoms with Crippen molar-refractivity contribution >= 4 is 73.7 Å². The van der Waals surface area contributed by atoms with Crippen molar-refractivity contribution in [1.29, 1.82) is 0 Å². The Balaban J connectivity index is 0.770. The molecule has 2 atom stereocenters. The summed E-state index contributed by atoms with van der Waals surface area (Å²) in [6, 6.07) is 22.5. The van der Waals surface area contributed by atoms with Crippen molar-refractivity contribution < 1.29 is 14.4 Å². The summed E-state index contributed by atoms with van der Waals surface area (Å²) in [6.07, 6.45) is 11.3. The summed E-state index contributed by atoms with van der Waals surface area (Å²) in [5.41, 5.74) is 13.0. The minimum atomic E-state index is -0.358. The van der Waals surface area contributed by atoms with Crippen molar-refractivity contribution in [2.75, 3.05) is 42.1 Å².